The summed E-state index contributed by atoms with van der Waals surface area (Å²) in [5.74, 6) is -0.428. The number of H-pyrrole nitrogens is 1. The highest BCUT2D eigenvalue weighted by Gasteiger charge is 2.35. The third-order valence-electron chi connectivity index (χ3n) is 2.26. The van der Waals surface area contributed by atoms with Gasteiger partial charge >= 0.3 is 11.3 Å². The van der Waals surface area contributed by atoms with Crippen LogP contribution in [-0.2, 0) is 4.79 Å². The fourth-order valence-electron chi connectivity index (χ4n) is 1.38. The van der Waals surface area contributed by atoms with Crippen molar-refractivity contribution < 1.29 is 13.6 Å². The topological polar surface area (TPSA) is 70.7 Å². The minimum absolute atomic E-state index is 0.210. The van der Waals surface area contributed by atoms with Gasteiger partial charge in [-0.15, -0.1) is 0 Å². The van der Waals surface area contributed by atoms with Gasteiger partial charge in [-0.1, -0.05) is 0 Å². The van der Waals surface area contributed by atoms with E-state index in [2.05, 4.69) is 26.8 Å². The lowest BCUT2D eigenvalue weighted by Gasteiger charge is -2.08. The second kappa shape index (κ2) is 4.93. The minimum atomic E-state index is -3.93. The van der Waals surface area contributed by atoms with Crippen molar-refractivity contribution in [1.29, 1.82) is 0 Å². The first-order chi connectivity index (χ1) is 8.86. The third kappa shape index (κ3) is 3.25. The van der Waals surface area contributed by atoms with Crippen LogP contribution in [0, 0.1) is 6.92 Å². The van der Waals surface area contributed by atoms with E-state index in [1.54, 1.807) is 19.1 Å². The molecule has 0 saturated heterocycles. The number of aryl methyl sites for hydroxylation is 1. The van der Waals surface area contributed by atoms with Crippen molar-refractivity contribution in [2.45, 2.75) is 12.3 Å². The zero-order chi connectivity index (χ0) is 14.0. The summed E-state index contributed by atoms with van der Waals surface area (Å²) < 4.78 is 25.0. The molecule has 5 nitrogen and oxygen atoms in total. The van der Waals surface area contributed by atoms with Crippen molar-refractivity contribution in [2.24, 2.45) is 0 Å². The fourth-order valence-corrected chi connectivity index (χ4v) is 1.42. The molecule has 1 aromatic heterocycles. The summed E-state index contributed by atoms with van der Waals surface area (Å²) in [6, 6.07) is 6.12. The number of alkyl halides is 3. The highest BCUT2D eigenvalue weighted by atomic mass is 35.5. The van der Waals surface area contributed by atoms with E-state index in [0.29, 0.717) is 17.2 Å². The van der Waals surface area contributed by atoms with Crippen LogP contribution in [0.1, 0.15) is 5.82 Å². The molecule has 19 heavy (non-hydrogen) atoms. The molecule has 0 unspecified atom stereocenters. The Hall–Kier alpha value is -2.02. The predicted octanol–water partition coefficient (Wildman–Crippen LogP) is 2.55. The molecule has 0 aliphatic heterocycles. The Balaban J connectivity index is 2.13. The summed E-state index contributed by atoms with van der Waals surface area (Å²) in [4.78, 5) is 15.1. The molecule has 0 spiro atoms. The fraction of sp³-hybridized carbons (Fsp3) is 0.182. The van der Waals surface area contributed by atoms with E-state index in [1.807, 2.05) is 5.32 Å². The van der Waals surface area contributed by atoms with Gasteiger partial charge in [0.05, 0.1) is 0 Å². The number of anilines is 1. The van der Waals surface area contributed by atoms with E-state index in [0.717, 1.165) is 0 Å². The van der Waals surface area contributed by atoms with E-state index in [4.69, 9.17) is 0 Å². The van der Waals surface area contributed by atoms with Gasteiger partial charge in [0.2, 0.25) is 0 Å². The van der Waals surface area contributed by atoms with Gasteiger partial charge < -0.3 is 5.32 Å². The van der Waals surface area contributed by atoms with Crippen LogP contribution in [0.5, 0.6) is 0 Å². The number of hydrogen-bond acceptors (Lipinski definition) is 3. The number of nitrogens with zero attached hydrogens (tertiary/aromatic N) is 2. The monoisotopic (exact) mass is 286 g/mol. The van der Waals surface area contributed by atoms with Crippen molar-refractivity contribution >= 4 is 23.2 Å². The molecule has 0 fully saturated rings. The maximum absolute atomic E-state index is 12.5. The Morgan fingerprint density at radius 2 is 2.00 bits per heavy atom. The zero-order valence-electron chi connectivity index (χ0n) is 9.75. The largest absolute Gasteiger partial charge is 0.400 e. The molecule has 0 saturated carbocycles. The minimum Gasteiger partial charge on any atom is -0.320 e. The van der Waals surface area contributed by atoms with Crippen LogP contribution in [0.15, 0.2) is 24.3 Å². The van der Waals surface area contributed by atoms with Crippen molar-refractivity contribution in [1.82, 2.24) is 15.2 Å². The molecule has 1 aromatic carbocycles. The smallest absolute Gasteiger partial charge is 0.320 e. The van der Waals surface area contributed by atoms with Crippen LogP contribution in [0.25, 0.3) is 11.4 Å². The lowest BCUT2D eigenvalue weighted by Crippen LogP contribution is -2.28. The van der Waals surface area contributed by atoms with Crippen LogP contribution in [-0.4, -0.2) is 26.5 Å². The Bertz CT molecular complexity index is 591. The molecule has 2 N–H and O–H groups in total. The molecule has 2 aromatic rings. The number of carbonyl (C=O) groups is 1. The van der Waals surface area contributed by atoms with Crippen molar-refractivity contribution in [2.75, 3.05) is 5.32 Å². The van der Waals surface area contributed by atoms with Gasteiger partial charge in [0, 0.05) is 11.3 Å². The maximum Gasteiger partial charge on any atom is 0.400 e. The number of aromatic amines is 1. The zero-order valence-corrected chi connectivity index (χ0v) is 10.5. The molecule has 0 atom stereocenters. The van der Waals surface area contributed by atoms with Gasteiger partial charge in [-0.3, -0.25) is 9.89 Å². The average Bonchev–Trinajstić information content (AvgIpc) is 2.75. The number of amides is 1. The Morgan fingerprint density at radius 3 is 2.47 bits per heavy atom. The van der Waals surface area contributed by atoms with Crippen molar-refractivity contribution in [3.8, 4) is 11.4 Å². The van der Waals surface area contributed by atoms with Crippen LogP contribution >= 0.6 is 11.6 Å². The number of halogens is 3. The van der Waals surface area contributed by atoms with Crippen LogP contribution in [0.3, 0.4) is 0 Å². The summed E-state index contributed by atoms with van der Waals surface area (Å²) in [6.45, 7) is 1.76. The van der Waals surface area contributed by atoms with Gasteiger partial charge in [-0.05, 0) is 42.8 Å². The molecule has 100 valence electrons. The molecule has 0 radical (unpaired) electrons. The van der Waals surface area contributed by atoms with Gasteiger partial charge in [0.25, 0.3) is 0 Å². The first-order valence-corrected chi connectivity index (χ1v) is 5.61. The van der Waals surface area contributed by atoms with E-state index >= 15 is 0 Å². The first kappa shape index (κ1) is 13.4. The summed E-state index contributed by atoms with van der Waals surface area (Å²) in [5, 5.41) is 4.70. The summed E-state index contributed by atoms with van der Waals surface area (Å²) in [7, 11) is 0. The second-order valence-corrected chi connectivity index (χ2v) is 4.25. The quantitative estimate of drug-likeness (QED) is 0.852. The van der Waals surface area contributed by atoms with Crippen molar-refractivity contribution in [3.05, 3.63) is 30.1 Å². The average molecular weight is 287 g/mol. The molecule has 2 rings (SSSR count). The van der Waals surface area contributed by atoms with Gasteiger partial charge in [-0.2, -0.15) is 13.9 Å². The number of hydrogen-bond donors (Lipinski definition) is 2. The predicted molar refractivity (Wildman–Crippen MR) is 66.0 cm³/mol. The van der Waals surface area contributed by atoms with Crippen LogP contribution in [0.2, 0.25) is 0 Å². The van der Waals surface area contributed by atoms with E-state index in [-0.39, 0.29) is 5.69 Å². The summed E-state index contributed by atoms with van der Waals surface area (Å²) >= 11 is 4.59. The molecular weight excluding hydrogens is 278 g/mol. The van der Waals surface area contributed by atoms with Gasteiger partial charge in [-0.25, -0.2) is 4.98 Å². The molecular formula is C11H9ClF2N4O. The van der Waals surface area contributed by atoms with Gasteiger partial charge in [0.1, 0.15) is 5.82 Å². The lowest BCUT2D eigenvalue weighted by atomic mass is 10.2. The summed E-state index contributed by atoms with van der Waals surface area (Å²) in [6.07, 6.45) is 0. The standard InChI is InChI=1S/C11H9ClF2N4O/c1-6-15-9(18-17-6)7-2-4-8(5-3-7)16-10(19)11(12,13)14/h2-5H,1H3,(H,16,19)(H,15,17,18). The SMILES string of the molecule is Cc1nc(-c2ccc(NC(=O)C(F)(F)Cl)cc2)n[nH]1. The Morgan fingerprint density at radius 1 is 1.37 bits per heavy atom. The summed E-state index contributed by atoms with van der Waals surface area (Å²) in [5.41, 5.74) is 0.904. The molecule has 1 heterocycles. The highest BCUT2D eigenvalue weighted by Crippen LogP contribution is 2.22. The van der Waals surface area contributed by atoms with Crippen LogP contribution < -0.4 is 5.32 Å². The number of aromatic nitrogens is 3. The maximum atomic E-state index is 12.5. The third-order valence-corrected chi connectivity index (χ3v) is 2.43. The number of rotatable bonds is 3. The number of carbonyl (C=O) groups excluding carboxylic acids is 1. The molecule has 0 bridgehead atoms. The van der Waals surface area contributed by atoms with Crippen molar-refractivity contribution in [3.63, 3.8) is 0 Å². The Labute approximate surface area is 112 Å². The Kier molecular flexibility index (Phi) is 3.48. The van der Waals surface area contributed by atoms with E-state index in [1.165, 1.54) is 12.1 Å². The number of benzene rings is 1. The van der Waals surface area contributed by atoms with E-state index in [9.17, 15) is 13.6 Å². The number of nitrogens with one attached hydrogen (secondary N) is 2. The normalized spacial score (nSPS) is 11.4. The molecule has 8 heteroatoms. The molecule has 0 aliphatic rings. The highest BCUT2D eigenvalue weighted by molar-refractivity contribution is 6.33. The van der Waals surface area contributed by atoms with Gasteiger partial charge in [0.15, 0.2) is 5.82 Å². The first-order valence-electron chi connectivity index (χ1n) is 5.24. The lowest BCUT2D eigenvalue weighted by molar-refractivity contribution is -0.130. The molecule has 1 amide bonds. The second-order valence-electron chi connectivity index (χ2n) is 3.77. The molecule has 0 aliphatic carbocycles. The van der Waals surface area contributed by atoms with Crippen LogP contribution in [0.4, 0.5) is 14.5 Å². The van der Waals surface area contributed by atoms with E-state index < -0.39 is 11.3 Å².